The van der Waals surface area contributed by atoms with E-state index < -0.39 is 0 Å². The molecule has 4 nitrogen and oxygen atoms in total. The SMILES string of the molecule is Cc1ccccc1C(=S)Nc1ccc(C(=O)N2CCc3cccn3-c3ccccc32)cc1. The molecule has 0 fully saturated rings. The summed E-state index contributed by atoms with van der Waals surface area (Å²) in [5.41, 5.74) is 6.81. The molecule has 5 rings (SSSR count). The highest BCUT2D eigenvalue weighted by atomic mass is 32.1. The van der Waals surface area contributed by atoms with Crippen LogP contribution in [0.2, 0.25) is 0 Å². The number of amides is 1. The van der Waals surface area contributed by atoms with Gasteiger partial charge >= 0.3 is 0 Å². The first-order valence-corrected chi connectivity index (χ1v) is 11.1. The van der Waals surface area contributed by atoms with Crippen LogP contribution in [0.5, 0.6) is 0 Å². The van der Waals surface area contributed by atoms with Crippen molar-refractivity contribution in [1.82, 2.24) is 4.57 Å². The third-order valence-electron chi connectivity index (χ3n) is 5.88. The van der Waals surface area contributed by atoms with Crippen LogP contribution in [0.1, 0.15) is 27.2 Å². The number of nitrogens with zero attached hydrogens (tertiary/aromatic N) is 2. The molecule has 1 aliphatic rings. The molecule has 0 aliphatic carbocycles. The fourth-order valence-electron chi connectivity index (χ4n) is 4.19. The number of hydrogen-bond acceptors (Lipinski definition) is 2. The van der Waals surface area contributed by atoms with Gasteiger partial charge in [0.1, 0.15) is 4.99 Å². The maximum atomic E-state index is 13.5. The Labute approximate surface area is 193 Å². The number of rotatable bonds is 3. The predicted molar refractivity (Wildman–Crippen MR) is 134 cm³/mol. The number of carbonyl (C=O) groups is 1. The Morgan fingerprint density at radius 2 is 1.59 bits per heavy atom. The minimum absolute atomic E-state index is 0.00349. The Hall–Kier alpha value is -3.70. The Morgan fingerprint density at radius 1 is 0.875 bits per heavy atom. The van der Waals surface area contributed by atoms with Crippen LogP contribution in [0.15, 0.2) is 91.1 Å². The number of anilines is 2. The average molecular weight is 438 g/mol. The molecule has 0 bridgehead atoms. The summed E-state index contributed by atoms with van der Waals surface area (Å²) in [6.45, 7) is 2.68. The molecule has 0 spiro atoms. The van der Waals surface area contributed by atoms with Gasteiger partial charge in [-0.25, -0.2) is 0 Å². The van der Waals surface area contributed by atoms with Crippen LogP contribution >= 0.6 is 12.2 Å². The van der Waals surface area contributed by atoms with Crippen molar-refractivity contribution >= 4 is 34.5 Å². The third kappa shape index (κ3) is 3.72. The molecular formula is C27H23N3OS. The number of thiocarbonyl (C=S) groups is 1. The summed E-state index contributed by atoms with van der Waals surface area (Å²) in [7, 11) is 0. The summed E-state index contributed by atoms with van der Waals surface area (Å²) in [4.78, 5) is 16.0. The molecule has 1 aromatic heterocycles. The van der Waals surface area contributed by atoms with Gasteiger partial charge in [0.15, 0.2) is 0 Å². The minimum atomic E-state index is -0.00349. The van der Waals surface area contributed by atoms with E-state index in [0.29, 0.717) is 17.1 Å². The van der Waals surface area contributed by atoms with Crippen molar-refractivity contribution in [3.63, 3.8) is 0 Å². The number of nitrogens with one attached hydrogen (secondary N) is 1. The fraction of sp³-hybridized carbons (Fsp3) is 0.111. The monoisotopic (exact) mass is 437 g/mol. The first-order chi connectivity index (χ1) is 15.6. The van der Waals surface area contributed by atoms with Crippen molar-refractivity contribution < 1.29 is 4.79 Å². The van der Waals surface area contributed by atoms with Gasteiger partial charge in [-0.3, -0.25) is 4.79 Å². The number of aryl methyl sites for hydroxylation is 1. The Bertz CT molecular complexity index is 1310. The second-order valence-electron chi connectivity index (χ2n) is 7.91. The van der Waals surface area contributed by atoms with Crippen molar-refractivity contribution in [3.8, 4) is 5.69 Å². The molecular weight excluding hydrogens is 414 g/mol. The van der Waals surface area contributed by atoms with Crippen LogP contribution < -0.4 is 10.2 Å². The average Bonchev–Trinajstić information content (AvgIpc) is 3.22. The van der Waals surface area contributed by atoms with E-state index in [4.69, 9.17) is 12.2 Å². The topological polar surface area (TPSA) is 37.3 Å². The lowest BCUT2D eigenvalue weighted by Crippen LogP contribution is -2.32. The molecule has 2 heterocycles. The molecule has 1 amide bonds. The Balaban J connectivity index is 1.38. The van der Waals surface area contributed by atoms with Gasteiger partial charge in [-0.05, 0) is 61.0 Å². The first-order valence-electron chi connectivity index (χ1n) is 10.7. The molecule has 0 radical (unpaired) electrons. The molecule has 1 aliphatic heterocycles. The van der Waals surface area contributed by atoms with Crippen LogP contribution in [0.25, 0.3) is 5.69 Å². The van der Waals surface area contributed by atoms with Crippen LogP contribution in [0.4, 0.5) is 11.4 Å². The fourth-order valence-corrected chi connectivity index (χ4v) is 4.53. The van der Waals surface area contributed by atoms with E-state index in [1.54, 1.807) is 0 Å². The Kier molecular flexibility index (Phi) is 5.33. The van der Waals surface area contributed by atoms with Gasteiger partial charge in [0.05, 0.1) is 11.4 Å². The number of benzene rings is 3. The van der Waals surface area contributed by atoms with Crippen molar-refractivity contribution in [2.24, 2.45) is 0 Å². The lowest BCUT2D eigenvalue weighted by atomic mass is 10.1. The standard InChI is InChI=1S/C27H23N3OS/c1-19-7-2-3-9-23(19)26(32)28-21-14-12-20(13-15-21)27(31)30-18-16-22-8-6-17-29(22)24-10-4-5-11-25(24)30/h2-15,17H,16,18H2,1H3,(H,28,32). The zero-order valence-electron chi connectivity index (χ0n) is 17.8. The molecule has 32 heavy (non-hydrogen) atoms. The molecule has 3 aromatic carbocycles. The summed E-state index contributed by atoms with van der Waals surface area (Å²) < 4.78 is 2.17. The molecule has 158 valence electrons. The Morgan fingerprint density at radius 3 is 2.38 bits per heavy atom. The van der Waals surface area contributed by atoms with Crippen LogP contribution in [0, 0.1) is 6.92 Å². The predicted octanol–water partition coefficient (Wildman–Crippen LogP) is 5.78. The lowest BCUT2D eigenvalue weighted by Gasteiger charge is -2.23. The van der Waals surface area contributed by atoms with Gasteiger partial charge in [0.25, 0.3) is 5.91 Å². The van der Waals surface area contributed by atoms with E-state index in [9.17, 15) is 4.79 Å². The summed E-state index contributed by atoms with van der Waals surface area (Å²) in [6.07, 6.45) is 2.86. The molecule has 0 atom stereocenters. The summed E-state index contributed by atoms with van der Waals surface area (Å²) in [6, 6.07) is 27.8. The molecule has 4 aromatic rings. The van der Waals surface area contributed by atoms with Crippen molar-refractivity contribution in [2.75, 3.05) is 16.8 Å². The maximum Gasteiger partial charge on any atom is 0.258 e. The smallest absolute Gasteiger partial charge is 0.258 e. The van der Waals surface area contributed by atoms with Crippen molar-refractivity contribution in [1.29, 1.82) is 0 Å². The quantitative estimate of drug-likeness (QED) is 0.413. The van der Waals surface area contributed by atoms with Crippen LogP contribution in [-0.2, 0) is 6.42 Å². The van der Waals surface area contributed by atoms with E-state index in [1.165, 1.54) is 5.69 Å². The third-order valence-corrected chi connectivity index (χ3v) is 6.20. The highest BCUT2D eigenvalue weighted by Crippen LogP contribution is 2.30. The van der Waals surface area contributed by atoms with Crippen LogP contribution in [-0.4, -0.2) is 22.0 Å². The van der Waals surface area contributed by atoms with Crippen LogP contribution in [0.3, 0.4) is 0 Å². The zero-order valence-corrected chi connectivity index (χ0v) is 18.6. The molecule has 0 unspecified atom stereocenters. The number of aromatic nitrogens is 1. The highest BCUT2D eigenvalue weighted by molar-refractivity contribution is 7.81. The number of fused-ring (bicyclic) bond motifs is 3. The van der Waals surface area contributed by atoms with Gasteiger partial charge < -0.3 is 14.8 Å². The lowest BCUT2D eigenvalue weighted by molar-refractivity contribution is 0.0987. The highest BCUT2D eigenvalue weighted by Gasteiger charge is 2.24. The van der Waals surface area contributed by atoms with Gasteiger partial charge in [-0.1, -0.05) is 48.6 Å². The van der Waals surface area contributed by atoms with E-state index in [1.807, 2.05) is 78.6 Å². The van der Waals surface area contributed by atoms with E-state index in [2.05, 4.69) is 34.3 Å². The second-order valence-corrected chi connectivity index (χ2v) is 8.32. The molecule has 0 saturated heterocycles. The second kappa shape index (κ2) is 8.44. The number of para-hydroxylation sites is 2. The summed E-state index contributed by atoms with van der Waals surface area (Å²) in [5.74, 6) is -0.00349. The van der Waals surface area contributed by atoms with E-state index in [-0.39, 0.29) is 5.91 Å². The molecule has 1 N–H and O–H groups in total. The number of hydrogen-bond donors (Lipinski definition) is 1. The molecule has 0 saturated carbocycles. The summed E-state index contributed by atoms with van der Waals surface area (Å²) in [5, 5.41) is 3.28. The van der Waals surface area contributed by atoms with Gasteiger partial charge in [0, 0.05) is 41.7 Å². The maximum absolute atomic E-state index is 13.5. The van der Waals surface area contributed by atoms with Gasteiger partial charge in [-0.15, -0.1) is 0 Å². The van der Waals surface area contributed by atoms with E-state index >= 15 is 0 Å². The largest absolute Gasteiger partial charge is 0.346 e. The summed E-state index contributed by atoms with van der Waals surface area (Å²) >= 11 is 5.57. The van der Waals surface area contributed by atoms with Gasteiger partial charge in [0.2, 0.25) is 0 Å². The molecule has 5 heteroatoms. The first kappa shape index (κ1) is 20.2. The van der Waals surface area contributed by atoms with Crippen molar-refractivity contribution in [2.45, 2.75) is 13.3 Å². The minimum Gasteiger partial charge on any atom is -0.346 e. The van der Waals surface area contributed by atoms with Crippen molar-refractivity contribution in [3.05, 3.63) is 114 Å². The normalized spacial score (nSPS) is 12.5. The van der Waals surface area contributed by atoms with Gasteiger partial charge in [-0.2, -0.15) is 0 Å². The van der Waals surface area contributed by atoms with E-state index in [0.717, 1.165) is 34.6 Å². The number of carbonyl (C=O) groups excluding carboxylic acids is 1. The zero-order chi connectivity index (χ0) is 22.1.